The third kappa shape index (κ3) is 7.65. The second-order valence-electron chi connectivity index (χ2n) is 18.0. The van der Waals surface area contributed by atoms with E-state index >= 15 is 35.1 Å². The minimum absolute atomic E-state index is 0.00942. The van der Waals surface area contributed by atoms with Gasteiger partial charge in [0, 0.05) is 0 Å². The van der Waals surface area contributed by atoms with Gasteiger partial charge in [0.05, 0.1) is 0 Å². The van der Waals surface area contributed by atoms with Crippen molar-refractivity contribution in [3.63, 3.8) is 0 Å². The summed E-state index contributed by atoms with van der Waals surface area (Å²) < 4.78 is 157. The van der Waals surface area contributed by atoms with Gasteiger partial charge in [0.15, 0.2) is 0 Å². The van der Waals surface area contributed by atoms with Crippen LogP contribution in [-0.2, 0) is 20.9 Å². The summed E-state index contributed by atoms with van der Waals surface area (Å²) >= 11 is -3.58. The fourth-order valence-corrected chi connectivity index (χ4v) is 38.9. The number of fused-ring (bicyclic) bond motifs is 4. The first-order valence-electron chi connectivity index (χ1n) is 22.5. The van der Waals surface area contributed by atoms with Crippen LogP contribution in [0.4, 0.5) is 43.9 Å². The van der Waals surface area contributed by atoms with Crippen LogP contribution in [0.1, 0.15) is 73.0 Å². The van der Waals surface area contributed by atoms with E-state index in [9.17, 15) is 8.78 Å². The Morgan fingerprint density at radius 2 is 1.07 bits per heavy atom. The minimum atomic E-state index is -3.58. The molecule has 0 heterocycles. The topological polar surface area (TPSA) is 0 Å². The molecule has 0 radical (unpaired) electrons. The fraction of sp³-hybridized carbons (Fsp3) is 0.140. The summed E-state index contributed by atoms with van der Waals surface area (Å²) in [5.74, 6) is -21.9. The summed E-state index contributed by atoms with van der Waals surface area (Å²) in [5.41, 5.74) is 4.68. The molecule has 7 aromatic rings. The van der Waals surface area contributed by atoms with Crippen LogP contribution < -0.4 is 5.19 Å². The molecule has 351 valence electrons. The van der Waals surface area contributed by atoms with E-state index < -0.39 is 101 Å². The molecule has 0 N–H and O–H groups in total. The van der Waals surface area contributed by atoms with Gasteiger partial charge in [-0.15, -0.1) is 0 Å². The third-order valence-electron chi connectivity index (χ3n) is 14.3. The first kappa shape index (κ1) is 49.1. The molecule has 2 aliphatic carbocycles. The van der Waals surface area contributed by atoms with Crippen molar-refractivity contribution in [1.82, 2.24) is 0 Å². The Kier molecular flexibility index (Phi) is 13.1. The van der Waals surface area contributed by atoms with Gasteiger partial charge in [-0.1, -0.05) is 0 Å². The molecule has 0 aliphatic heterocycles. The van der Waals surface area contributed by atoms with Crippen molar-refractivity contribution in [3.05, 3.63) is 227 Å². The van der Waals surface area contributed by atoms with E-state index in [1.165, 1.54) is 40.5 Å². The van der Waals surface area contributed by atoms with Crippen molar-refractivity contribution in [3.8, 4) is 22.3 Å². The van der Waals surface area contributed by atoms with E-state index in [0.717, 1.165) is 44.2 Å². The van der Waals surface area contributed by atoms with E-state index in [0.29, 0.717) is 0 Å². The number of hydrogen-bond acceptors (Lipinski definition) is 0. The first-order valence-corrected chi connectivity index (χ1v) is 31.4. The van der Waals surface area contributed by atoms with Gasteiger partial charge < -0.3 is 0 Å². The maximum absolute atomic E-state index is 16.4. The number of hydrogen-bond donors (Lipinski definition) is 0. The molecular weight excluding hydrogens is 1000 g/mol. The Morgan fingerprint density at radius 1 is 0.557 bits per heavy atom. The second kappa shape index (κ2) is 18.7. The molecule has 70 heavy (non-hydrogen) atoms. The van der Waals surface area contributed by atoms with E-state index in [4.69, 9.17) is 0 Å². The predicted octanol–water partition coefficient (Wildman–Crippen LogP) is 15.6. The van der Waals surface area contributed by atoms with Crippen LogP contribution in [0.15, 0.2) is 141 Å². The van der Waals surface area contributed by atoms with Crippen molar-refractivity contribution >= 4 is 44.7 Å². The SMILES string of the molecule is CC=C(C)C(C)=[C](C)[Zr]([CH]1C(C)=Cc2c(-c3ccccc3)cccc21)[Si](C)(/B=C1\C(C)=C(c2c(F)c(F)c(F)c(F)c2F)c2c1cc(-c1c(F)c(F)c(F)c(F)c1F)c1ccccc21)c1ccccc1. The molecule has 0 spiro atoms. The molecule has 0 fully saturated rings. The maximum atomic E-state index is 16.4. The standard InChI is InChI=1S/C33H16BF10Si.C16H13.C8H13.Zr/c1-13-19(22-26(37)30(41)33(44)31(42)27(22)38)20-16-11-7-6-10-15(16)17(21-24(35)28(39)32(43)29(40)25(21)36)12-18(20)23(13)34-45(2)14-8-4-3-5-9-14;1-12-10-14-8-5-9-15(16(14)11-12)13-6-3-2-4-7-13;1-5-7(3)8(4)6-2;/h3-12H,1-2H3;2-11H,1H3;5H,1-4H3;. The molecule has 0 saturated heterocycles. The van der Waals surface area contributed by atoms with Crippen molar-refractivity contribution in [2.45, 2.75) is 51.7 Å². The van der Waals surface area contributed by atoms with Crippen LogP contribution in [0.2, 0.25) is 6.55 Å². The molecule has 0 saturated carbocycles. The zero-order valence-electron chi connectivity index (χ0n) is 39.0. The zero-order chi connectivity index (χ0) is 50.2. The second-order valence-corrected chi connectivity index (χ2v) is 37.5. The molecule has 2 aliphatic rings. The Balaban J connectivity index is 1.45. The van der Waals surface area contributed by atoms with Gasteiger partial charge in [-0.3, -0.25) is 0 Å². The van der Waals surface area contributed by atoms with Crippen LogP contribution in [-0.4, -0.2) is 17.0 Å². The number of rotatable bonds is 9. The van der Waals surface area contributed by atoms with Crippen molar-refractivity contribution in [2.75, 3.05) is 0 Å². The summed E-state index contributed by atoms with van der Waals surface area (Å²) in [6.45, 7) is 16.2. The van der Waals surface area contributed by atoms with Gasteiger partial charge in [0.2, 0.25) is 0 Å². The quantitative estimate of drug-likeness (QED) is 0.0444. The normalized spacial score (nSPS) is 16.3. The van der Waals surface area contributed by atoms with Crippen LogP contribution in [0.5, 0.6) is 0 Å². The molecule has 2 unspecified atom stereocenters. The monoisotopic (exact) mass is 1050 g/mol. The van der Waals surface area contributed by atoms with Crippen molar-refractivity contribution in [2.24, 2.45) is 0 Å². The van der Waals surface area contributed by atoms with Crippen LogP contribution in [0.25, 0.3) is 44.7 Å². The Morgan fingerprint density at radius 3 is 1.64 bits per heavy atom. The van der Waals surface area contributed by atoms with Gasteiger partial charge in [-0.2, -0.15) is 0 Å². The summed E-state index contributed by atoms with van der Waals surface area (Å²) in [7, 11) is 0. The van der Waals surface area contributed by atoms with E-state index in [1.54, 1.807) is 0 Å². The fourth-order valence-electron chi connectivity index (χ4n) is 10.6. The predicted molar refractivity (Wildman–Crippen MR) is 261 cm³/mol. The van der Waals surface area contributed by atoms with Crippen LogP contribution >= 0.6 is 0 Å². The van der Waals surface area contributed by atoms with E-state index in [2.05, 4.69) is 64.2 Å². The first-order chi connectivity index (χ1) is 33.3. The van der Waals surface area contributed by atoms with Gasteiger partial charge in [0.1, 0.15) is 0 Å². The molecule has 7 aromatic carbocycles. The van der Waals surface area contributed by atoms with Gasteiger partial charge >= 0.3 is 410 Å². The van der Waals surface area contributed by atoms with E-state index in [-0.39, 0.29) is 42.1 Å². The summed E-state index contributed by atoms with van der Waals surface area (Å²) in [5, 5.41) is -2.45. The van der Waals surface area contributed by atoms with Gasteiger partial charge in [-0.05, 0) is 0 Å². The molecule has 2 atom stereocenters. The summed E-state index contributed by atoms with van der Waals surface area (Å²) in [6, 6.07) is 33.0. The van der Waals surface area contributed by atoms with Crippen molar-refractivity contribution < 1.29 is 64.8 Å². The molecule has 0 bridgehead atoms. The Bertz CT molecular complexity index is 3470. The summed E-state index contributed by atoms with van der Waals surface area (Å²) in [6.07, 6.45) is 4.28. The number of halogens is 10. The number of benzene rings is 7. The molecule has 0 nitrogen and oxygen atoms in total. The Hall–Kier alpha value is -5.91. The zero-order valence-corrected chi connectivity index (χ0v) is 42.4. The van der Waals surface area contributed by atoms with Crippen LogP contribution in [0.3, 0.4) is 0 Å². The third-order valence-corrected chi connectivity index (χ3v) is 39.4. The van der Waals surface area contributed by atoms with Crippen molar-refractivity contribution in [1.29, 1.82) is 0 Å². The molecular formula is C57H42BF10SiZr. The molecule has 9 rings (SSSR count). The Labute approximate surface area is 407 Å². The summed E-state index contributed by atoms with van der Waals surface area (Å²) in [4.78, 5) is 0. The number of allylic oxidation sites excluding steroid dienone is 6. The van der Waals surface area contributed by atoms with Crippen LogP contribution in [0, 0.1) is 58.2 Å². The van der Waals surface area contributed by atoms with Gasteiger partial charge in [-0.25, -0.2) is 0 Å². The molecule has 13 heteroatoms. The van der Waals surface area contributed by atoms with E-state index in [1.807, 2.05) is 74.5 Å². The van der Waals surface area contributed by atoms with Gasteiger partial charge in [0.25, 0.3) is 0 Å². The average Bonchev–Trinajstić information content (AvgIpc) is 3.85. The average molecular weight is 1050 g/mol. The molecule has 0 aromatic heterocycles. The molecule has 0 amide bonds.